The molecule has 2 aromatic rings. The molecular weight excluding hydrogens is 261 g/mol. The molecule has 1 heterocycles. The van der Waals surface area contributed by atoms with Crippen LogP contribution in [0.3, 0.4) is 0 Å². The highest BCUT2D eigenvalue weighted by molar-refractivity contribution is 7.97. The first-order valence-electron chi connectivity index (χ1n) is 6.11. The Balaban J connectivity index is 2.15. The van der Waals surface area contributed by atoms with Crippen LogP contribution in [0.4, 0.5) is 4.39 Å². The van der Waals surface area contributed by atoms with Crippen molar-refractivity contribution in [1.29, 1.82) is 0 Å². The topological polar surface area (TPSA) is 35.2 Å². The van der Waals surface area contributed by atoms with Gasteiger partial charge >= 0.3 is 0 Å². The maximum atomic E-state index is 13.5. The van der Waals surface area contributed by atoms with Gasteiger partial charge in [-0.2, -0.15) is 0 Å². The van der Waals surface area contributed by atoms with Crippen LogP contribution in [0.1, 0.15) is 11.1 Å². The third kappa shape index (κ3) is 2.33. The quantitative estimate of drug-likeness (QED) is 0.849. The molecule has 0 aromatic heterocycles. The third-order valence-electron chi connectivity index (χ3n) is 3.25. The van der Waals surface area contributed by atoms with E-state index in [1.54, 1.807) is 6.07 Å². The van der Waals surface area contributed by atoms with Gasteiger partial charge in [-0.05, 0) is 65.4 Å². The highest BCUT2D eigenvalue weighted by atomic mass is 32.2. The molecule has 0 saturated heterocycles. The predicted molar refractivity (Wildman–Crippen MR) is 75.8 cm³/mol. The lowest BCUT2D eigenvalue weighted by Gasteiger charge is -2.10. The summed E-state index contributed by atoms with van der Waals surface area (Å²) in [5.74, 6) is 0.665. The zero-order chi connectivity index (χ0) is 13.4. The molecule has 0 aliphatic carbocycles. The zero-order valence-corrected chi connectivity index (χ0v) is 11.4. The molecule has 0 spiro atoms. The van der Waals surface area contributed by atoms with Gasteiger partial charge < -0.3 is 4.74 Å². The van der Waals surface area contributed by atoms with Crippen molar-refractivity contribution >= 4 is 11.9 Å². The van der Waals surface area contributed by atoms with Gasteiger partial charge in [0.25, 0.3) is 0 Å². The lowest BCUT2D eigenvalue weighted by atomic mass is 10.00. The largest absolute Gasteiger partial charge is 0.492 e. The van der Waals surface area contributed by atoms with Crippen molar-refractivity contribution in [3.63, 3.8) is 0 Å². The van der Waals surface area contributed by atoms with E-state index in [0.717, 1.165) is 39.3 Å². The Morgan fingerprint density at radius 3 is 2.68 bits per heavy atom. The summed E-state index contributed by atoms with van der Waals surface area (Å²) in [6.07, 6.45) is 0.880. The number of fused-ring (bicyclic) bond motifs is 1. The van der Waals surface area contributed by atoms with Crippen molar-refractivity contribution < 1.29 is 9.13 Å². The Morgan fingerprint density at radius 2 is 1.95 bits per heavy atom. The van der Waals surface area contributed by atoms with Crippen LogP contribution in [0.2, 0.25) is 0 Å². The molecule has 0 radical (unpaired) electrons. The van der Waals surface area contributed by atoms with Crippen LogP contribution in [0.25, 0.3) is 11.1 Å². The minimum absolute atomic E-state index is 0.214. The second kappa shape index (κ2) is 4.87. The summed E-state index contributed by atoms with van der Waals surface area (Å²) in [6, 6.07) is 9.08. The van der Waals surface area contributed by atoms with Crippen molar-refractivity contribution in [1.82, 2.24) is 0 Å². The Kier molecular flexibility index (Phi) is 3.21. The molecule has 2 aromatic carbocycles. The van der Waals surface area contributed by atoms with Crippen molar-refractivity contribution in [2.24, 2.45) is 5.14 Å². The summed E-state index contributed by atoms with van der Waals surface area (Å²) in [4.78, 5) is 0.909. The molecule has 0 amide bonds. The van der Waals surface area contributed by atoms with Crippen molar-refractivity contribution in [3.8, 4) is 16.9 Å². The maximum Gasteiger partial charge on any atom is 0.137 e. The van der Waals surface area contributed by atoms with E-state index in [1.807, 2.05) is 19.1 Å². The van der Waals surface area contributed by atoms with Crippen LogP contribution in [-0.2, 0) is 6.42 Å². The van der Waals surface area contributed by atoms with Gasteiger partial charge in [-0.3, -0.25) is 5.14 Å². The molecule has 0 unspecified atom stereocenters. The average molecular weight is 275 g/mol. The van der Waals surface area contributed by atoms with E-state index in [-0.39, 0.29) is 5.82 Å². The highest BCUT2D eigenvalue weighted by Gasteiger charge is 2.18. The van der Waals surface area contributed by atoms with Gasteiger partial charge in [0.05, 0.1) is 11.5 Å². The monoisotopic (exact) mass is 275 g/mol. The van der Waals surface area contributed by atoms with E-state index in [2.05, 4.69) is 6.07 Å². The van der Waals surface area contributed by atoms with E-state index in [1.165, 1.54) is 18.0 Å². The SMILES string of the molecule is Cc1cc(F)cc(-c2cc3c(c(SN)c2)OCC3)c1. The van der Waals surface area contributed by atoms with Gasteiger partial charge in [0.15, 0.2) is 0 Å². The summed E-state index contributed by atoms with van der Waals surface area (Å²) >= 11 is 1.17. The Bertz CT molecular complexity index is 622. The number of aryl methyl sites for hydroxylation is 1. The fourth-order valence-electron chi connectivity index (χ4n) is 2.43. The minimum Gasteiger partial charge on any atom is -0.492 e. The molecule has 0 bridgehead atoms. The van der Waals surface area contributed by atoms with Crippen LogP contribution in [0.5, 0.6) is 5.75 Å². The number of hydrogen-bond acceptors (Lipinski definition) is 3. The summed E-state index contributed by atoms with van der Waals surface area (Å²) in [6.45, 7) is 2.58. The molecule has 98 valence electrons. The molecule has 1 aliphatic heterocycles. The van der Waals surface area contributed by atoms with Crippen LogP contribution in [-0.4, -0.2) is 6.61 Å². The van der Waals surface area contributed by atoms with Crippen molar-refractivity contribution in [2.45, 2.75) is 18.2 Å². The molecule has 3 rings (SSSR count). The third-order valence-corrected chi connectivity index (χ3v) is 3.81. The number of rotatable bonds is 2. The van der Waals surface area contributed by atoms with Crippen LogP contribution >= 0.6 is 11.9 Å². The first-order valence-corrected chi connectivity index (χ1v) is 6.99. The van der Waals surface area contributed by atoms with E-state index in [9.17, 15) is 4.39 Å². The van der Waals surface area contributed by atoms with Crippen molar-refractivity contribution in [2.75, 3.05) is 6.61 Å². The lowest BCUT2D eigenvalue weighted by Crippen LogP contribution is -1.90. The van der Waals surface area contributed by atoms with Crippen LogP contribution in [0.15, 0.2) is 35.2 Å². The standard InChI is InChI=1S/C15H14FNOS/c1-9-4-11(7-13(16)5-9)12-6-10-2-3-18-15(10)14(8-12)19-17/h4-8H,2-3,17H2,1H3. The summed E-state index contributed by atoms with van der Waals surface area (Å²) in [5.41, 5.74) is 3.92. The molecule has 1 aliphatic rings. The summed E-state index contributed by atoms with van der Waals surface area (Å²) < 4.78 is 19.1. The average Bonchev–Trinajstić information content (AvgIpc) is 2.84. The number of nitrogens with two attached hydrogens (primary N) is 1. The molecule has 19 heavy (non-hydrogen) atoms. The van der Waals surface area contributed by atoms with Gasteiger partial charge in [0, 0.05) is 6.42 Å². The van der Waals surface area contributed by atoms with Crippen molar-refractivity contribution in [3.05, 3.63) is 47.3 Å². The van der Waals surface area contributed by atoms with E-state index < -0.39 is 0 Å². The summed E-state index contributed by atoms with van der Waals surface area (Å²) in [7, 11) is 0. The van der Waals surface area contributed by atoms with E-state index in [0.29, 0.717) is 6.61 Å². The number of hydrogen-bond donors (Lipinski definition) is 1. The van der Waals surface area contributed by atoms with Gasteiger partial charge in [0.1, 0.15) is 11.6 Å². The molecule has 2 nitrogen and oxygen atoms in total. The Morgan fingerprint density at radius 1 is 1.16 bits per heavy atom. The first-order chi connectivity index (χ1) is 9.17. The Hall–Kier alpha value is -1.52. The smallest absolute Gasteiger partial charge is 0.137 e. The first kappa shape index (κ1) is 12.5. The molecule has 4 heteroatoms. The summed E-state index contributed by atoms with van der Waals surface area (Å²) in [5, 5.41) is 5.69. The lowest BCUT2D eigenvalue weighted by molar-refractivity contribution is 0.350. The second-order valence-electron chi connectivity index (χ2n) is 4.70. The second-order valence-corrected chi connectivity index (χ2v) is 5.37. The molecule has 0 saturated carbocycles. The van der Waals surface area contributed by atoms with Gasteiger partial charge in [-0.1, -0.05) is 6.07 Å². The van der Waals surface area contributed by atoms with E-state index in [4.69, 9.17) is 9.88 Å². The minimum atomic E-state index is -0.214. The molecule has 0 fully saturated rings. The van der Waals surface area contributed by atoms with Crippen LogP contribution < -0.4 is 9.88 Å². The molecule has 2 N–H and O–H groups in total. The van der Waals surface area contributed by atoms with E-state index >= 15 is 0 Å². The van der Waals surface area contributed by atoms with Gasteiger partial charge in [-0.25, -0.2) is 4.39 Å². The number of halogens is 1. The predicted octanol–water partition coefficient (Wildman–Crippen LogP) is 3.70. The van der Waals surface area contributed by atoms with Gasteiger partial charge in [0.2, 0.25) is 0 Å². The molecular formula is C15H14FNOS. The number of benzene rings is 2. The van der Waals surface area contributed by atoms with Crippen LogP contribution in [0, 0.1) is 12.7 Å². The fraction of sp³-hybridized carbons (Fsp3) is 0.200. The highest BCUT2D eigenvalue weighted by Crippen LogP contribution is 2.38. The number of ether oxygens (including phenoxy) is 1. The Labute approximate surface area is 115 Å². The maximum absolute atomic E-state index is 13.5. The fourth-order valence-corrected chi connectivity index (χ4v) is 2.92. The van der Waals surface area contributed by atoms with Gasteiger partial charge in [-0.15, -0.1) is 0 Å². The molecule has 0 atom stereocenters. The zero-order valence-electron chi connectivity index (χ0n) is 10.6. The normalized spacial score (nSPS) is 13.2.